The molecule has 132 valence electrons. The zero-order valence-corrected chi connectivity index (χ0v) is 15.9. The van der Waals surface area contributed by atoms with Crippen molar-refractivity contribution >= 4 is 27.4 Å². The molecule has 0 spiro atoms. The second-order valence-electron chi connectivity index (χ2n) is 7.03. The largest absolute Gasteiger partial charge is 0.465 e. The number of carbonyl (C=O) groups excluding carboxylic acids is 1. The zero-order valence-electron chi connectivity index (χ0n) is 15.1. The van der Waals surface area contributed by atoms with Crippen molar-refractivity contribution in [3.63, 3.8) is 0 Å². The highest BCUT2D eigenvalue weighted by molar-refractivity contribution is 7.20. The summed E-state index contributed by atoms with van der Waals surface area (Å²) in [5.74, 6) is -0.323. The number of imidazole rings is 1. The van der Waals surface area contributed by atoms with Gasteiger partial charge in [-0.15, -0.1) is 5.10 Å². The number of ether oxygens (including phenoxy) is 1. The number of rotatable bonds is 4. The molecule has 0 amide bonds. The molecule has 0 N–H and O–H groups in total. The third-order valence-electron chi connectivity index (χ3n) is 3.92. The van der Waals surface area contributed by atoms with Crippen LogP contribution >= 0.6 is 11.3 Å². The summed E-state index contributed by atoms with van der Waals surface area (Å²) >= 11 is 1.57. The number of carbonyl (C=O) groups is 1. The number of hydrogen-bond acceptors (Lipinski definition) is 6. The van der Waals surface area contributed by atoms with Gasteiger partial charge in [-0.3, -0.25) is 0 Å². The van der Waals surface area contributed by atoms with Crippen LogP contribution in [-0.2, 0) is 16.7 Å². The van der Waals surface area contributed by atoms with Crippen LogP contribution in [0, 0.1) is 0 Å². The Morgan fingerprint density at radius 2 is 1.96 bits per heavy atom. The van der Waals surface area contributed by atoms with Gasteiger partial charge in [0.2, 0.25) is 10.1 Å². The van der Waals surface area contributed by atoms with Crippen LogP contribution < -0.4 is 4.90 Å². The predicted octanol–water partition coefficient (Wildman–Crippen LogP) is 3.51. The van der Waals surface area contributed by atoms with E-state index in [1.54, 1.807) is 23.5 Å². The molecule has 3 rings (SSSR count). The first-order chi connectivity index (χ1) is 11.8. The molecular formula is C18H22N4O2S. The summed E-state index contributed by atoms with van der Waals surface area (Å²) < 4.78 is 6.56. The van der Waals surface area contributed by atoms with E-state index in [2.05, 4.69) is 35.8 Å². The average molecular weight is 358 g/mol. The first kappa shape index (κ1) is 17.4. The normalized spacial score (nSPS) is 11.7. The molecule has 0 saturated heterocycles. The lowest BCUT2D eigenvalue weighted by molar-refractivity contribution is 0.0600. The van der Waals surface area contributed by atoms with Crippen LogP contribution in [0.25, 0.3) is 4.96 Å². The Hall–Kier alpha value is -2.41. The Bertz CT molecular complexity index is 859. The van der Waals surface area contributed by atoms with Crippen LogP contribution in [0.5, 0.6) is 0 Å². The second-order valence-corrected chi connectivity index (χ2v) is 7.97. The average Bonchev–Trinajstić information content (AvgIpc) is 3.13. The number of esters is 1. The Morgan fingerprint density at radius 3 is 2.52 bits per heavy atom. The summed E-state index contributed by atoms with van der Waals surface area (Å²) in [6, 6.07) is 7.41. The van der Waals surface area contributed by atoms with Crippen molar-refractivity contribution < 1.29 is 9.53 Å². The summed E-state index contributed by atoms with van der Waals surface area (Å²) in [7, 11) is 3.38. The van der Waals surface area contributed by atoms with Gasteiger partial charge in [0.15, 0.2) is 0 Å². The highest BCUT2D eigenvalue weighted by Gasteiger charge is 2.20. The zero-order chi connectivity index (χ0) is 18.2. The molecule has 7 heteroatoms. The molecule has 0 saturated carbocycles. The number of fused-ring (bicyclic) bond motifs is 1. The smallest absolute Gasteiger partial charge is 0.337 e. The van der Waals surface area contributed by atoms with Crippen molar-refractivity contribution in [2.75, 3.05) is 19.1 Å². The van der Waals surface area contributed by atoms with Gasteiger partial charge in [-0.1, -0.05) is 44.2 Å². The lowest BCUT2D eigenvalue weighted by atomic mass is 9.93. The third kappa shape index (κ3) is 3.66. The van der Waals surface area contributed by atoms with E-state index in [1.807, 2.05) is 29.9 Å². The van der Waals surface area contributed by atoms with Crippen LogP contribution in [0.3, 0.4) is 0 Å². The highest BCUT2D eigenvalue weighted by atomic mass is 32.1. The maximum absolute atomic E-state index is 11.5. The molecule has 2 aromatic heterocycles. The first-order valence-corrected chi connectivity index (χ1v) is 8.84. The van der Waals surface area contributed by atoms with E-state index < -0.39 is 0 Å². The number of anilines is 1. The van der Waals surface area contributed by atoms with E-state index in [-0.39, 0.29) is 11.4 Å². The predicted molar refractivity (Wildman–Crippen MR) is 99.5 cm³/mol. The maximum atomic E-state index is 11.5. The van der Waals surface area contributed by atoms with E-state index in [1.165, 1.54) is 7.11 Å². The van der Waals surface area contributed by atoms with Crippen molar-refractivity contribution in [1.29, 1.82) is 0 Å². The van der Waals surface area contributed by atoms with Gasteiger partial charge in [0.05, 0.1) is 24.6 Å². The third-order valence-corrected chi connectivity index (χ3v) is 4.96. The minimum atomic E-state index is -0.323. The molecular weight excluding hydrogens is 336 g/mol. The summed E-state index contributed by atoms with van der Waals surface area (Å²) in [6.07, 6.45) is 1.99. The van der Waals surface area contributed by atoms with Crippen LogP contribution in [0.4, 0.5) is 5.13 Å². The fourth-order valence-corrected chi connectivity index (χ4v) is 3.25. The molecule has 0 radical (unpaired) electrons. The van der Waals surface area contributed by atoms with Crippen LogP contribution in [0.1, 0.15) is 42.4 Å². The van der Waals surface area contributed by atoms with Crippen LogP contribution in [0.15, 0.2) is 30.5 Å². The van der Waals surface area contributed by atoms with Gasteiger partial charge in [0, 0.05) is 19.0 Å². The maximum Gasteiger partial charge on any atom is 0.337 e. The fourth-order valence-electron chi connectivity index (χ4n) is 2.41. The topological polar surface area (TPSA) is 59.7 Å². The molecule has 0 aliphatic heterocycles. The Morgan fingerprint density at radius 1 is 1.28 bits per heavy atom. The van der Waals surface area contributed by atoms with E-state index in [4.69, 9.17) is 4.74 Å². The minimum absolute atomic E-state index is 0.0148. The molecule has 1 aromatic carbocycles. The van der Waals surface area contributed by atoms with E-state index in [0.717, 1.165) is 21.3 Å². The molecule has 25 heavy (non-hydrogen) atoms. The molecule has 0 aliphatic carbocycles. The number of hydrogen-bond donors (Lipinski definition) is 0. The monoisotopic (exact) mass is 358 g/mol. The number of methoxy groups -OCH3 is 1. The van der Waals surface area contributed by atoms with Gasteiger partial charge in [-0.2, -0.15) is 0 Å². The standard InChI is InChI=1S/C18H22N4O2S/c1-18(2,3)14-11-22-16(19-14)25-17(20-22)21(4)10-12-6-8-13(9-7-12)15(23)24-5/h6-9,11H,10H2,1-5H3. The first-order valence-electron chi connectivity index (χ1n) is 8.03. The van der Waals surface area contributed by atoms with E-state index in [9.17, 15) is 4.79 Å². The fraction of sp³-hybridized carbons (Fsp3) is 0.389. The van der Waals surface area contributed by atoms with Gasteiger partial charge in [0.1, 0.15) is 0 Å². The van der Waals surface area contributed by atoms with Gasteiger partial charge in [-0.05, 0) is 17.7 Å². The van der Waals surface area contributed by atoms with Gasteiger partial charge in [-0.25, -0.2) is 14.3 Å². The Kier molecular flexibility index (Phi) is 4.51. The van der Waals surface area contributed by atoms with Crippen molar-refractivity contribution in [1.82, 2.24) is 14.6 Å². The number of nitrogens with zero attached hydrogens (tertiary/aromatic N) is 4. The van der Waals surface area contributed by atoms with Crippen molar-refractivity contribution in [3.8, 4) is 0 Å². The van der Waals surface area contributed by atoms with Crippen molar-refractivity contribution in [2.45, 2.75) is 32.7 Å². The molecule has 0 fully saturated rings. The number of benzene rings is 1. The SMILES string of the molecule is COC(=O)c1ccc(CN(C)c2nn3cc(C(C)(C)C)nc3s2)cc1. The lowest BCUT2D eigenvalue weighted by Gasteiger charge is -2.15. The molecule has 2 heterocycles. The van der Waals surface area contributed by atoms with E-state index >= 15 is 0 Å². The molecule has 0 unspecified atom stereocenters. The van der Waals surface area contributed by atoms with Gasteiger partial charge >= 0.3 is 5.97 Å². The number of aromatic nitrogens is 3. The molecule has 0 bridgehead atoms. The van der Waals surface area contributed by atoms with Crippen LogP contribution in [0.2, 0.25) is 0 Å². The minimum Gasteiger partial charge on any atom is -0.465 e. The van der Waals surface area contributed by atoms with E-state index in [0.29, 0.717) is 12.1 Å². The summed E-state index contributed by atoms with van der Waals surface area (Å²) in [5.41, 5.74) is 2.70. The quantitative estimate of drug-likeness (QED) is 0.668. The molecule has 0 atom stereocenters. The summed E-state index contributed by atoms with van der Waals surface area (Å²) in [6.45, 7) is 7.13. The lowest BCUT2D eigenvalue weighted by Crippen LogP contribution is -2.16. The van der Waals surface area contributed by atoms with Gasteiger partial charge in [0.25, 0.3) is 0 Å². The van der Waals surface area contributed by atoms with Crippen LogP contribution in [-0.4, -0.2) is 34.7 Å². The van der Waals surface area contributed by atoms with Gasteiger partial charge < -0.3 is 9.64 Å². The molecule has 3 aromatic rings. The summed E-state index contributed by atoms with van der Waals surface area (Å²) in [5, 5.41) is 5.53. The molecule has 0 aliphatic rings. The van der Waals surface area contributed by atoms with Crippen molar-refractivity contribution in [2.24, 2.45) is 0 Å². The highest BCUT2D eigenvalue weighted by Crippen LogP contribution is 2.27. The Balaban J connectivity index is 1.74. The summed E-state index contributed by atoms with van der Waals surface area (Å²) in [4.78, 5) is 19.1. The molecule has 6 nitrogen and oxygen atoms in total. The second kappa shape index (κ2) is 6.48. The Labute approximate surface area is 151 Å². The van der Waals surface area contributed by atoms with Crippen molar-refractivity contribution in [3.05, 3.63) is 47.3 Å².